The summed E-state index contributed by atoms with van der Waals surface area (Å²) in [7, 11) is 0. The smallest absolute Gasteiger partial charge is 0.271 e. The molecule has 0 atom stereocenters. The van der Waals surface area contributed by atoms with Gasteiger partial charge in [-0.25, -0.2) is 5.43 Å². The lowest BCUT2D eigenvalue weighted by Gasteiger charge is -2.08. The topological polar surface area (TPSA) is 59.9 Å². The third kappa shape index (κ3) is 6.09. The molecule has 3 rings (SSSR count). The molecule has 0 aliphatic heterocycles. The quantitative estimate of drug-likeness (QED) is 0.386. The lowest BCUT2D eigenvalue weighted by molar-refractivity contribution is 0.0955. The van der Waals surface area contributed by atoms with Crippen LogP contribution in [0.1, 0.15) is 35.3 Å². The van der Waals surface area contributed by atoms with Gasteiger partial charge in [-0.2, -0.15) is 5.10 Å². The van der Waals surface area contributed by atoms with Crippen molar-refractivity contribution in [2.45, 2.75) is 20.5 Å². The average Bonchev–Trinajstić information content (AvgIpc) is 2.77. The van der Waals surface area contributed by atoms with Crippen LogP contribution in [-0.4, -0.2) is 18.2 Å². The van der Waals surface area contributed by atoms with Crippen LogP contribution in [0.15, 0.2) is 77.9 Å². The summed E-state index contributed by atoms with van der Waals surface area (Å²) in [5.74, 6) is 1.29. The maximum atomic E-state index is 12.3. The minimum Gasteiger partial charge on any atom is -0.494 e. The van der Waals surface area contributed by atoms with E-state index in [2.05, 4.69) is 10.5 Å². The number of hydrogen-bond donors (Lipinski definition) is 1. The van der Waals surface area contributed by atoms with E-state index in [1.165, 1.54) is 0 Å². The summed E-state index contributed by atoms with van der Waals surface area (Å²) in [6.45, 7) is 4.79. The maximum Gasteiger partial charge on any atom is 0.271 e. The minimum atomic E-state index is -0.282. The summed E-state index contributed by atoms with van der Waals surface area (Å²) in [6.07, 6.45) is 0. The molecule has 0 unspecified atom stereocenters. The van der Waals surface area contributed by atoms with Crippen molar-refractivity contribution in [2.24, 2.45) is 5.10 Å². The van der Waals surface area contributed by atoms with Crippen molar-refractivity contribution in [3.8, 4) is 11.5 Å². The Morgan fingerprint density at radius 2 is 1.60 bits per heavy atom. The zero-order valence-corrected chi connectivity index (χ0v) is 17.6. The second-order valence-electron chi connectivity index (χ2n) is 6.54. The van der Waals surface area contributed by atoms with Crippen LogP contribution in [0.3, 0.4) is 0 Å². The summed E-state index contributed by atoms with van der Waals surface area (Å²) in [4.78, 5) is 12.3. The van der Waals surface area contributed by atoms with E-state index >= 15 is 0 Å². The third-order valence-electron chi connectivity index (χ3n) is 4.32. The van der Waals surface area contributed by atoms with Gasteiger partial charge >= 0.3 is 0 Å². The van der Waals surface area contributed by atoms with E-state index in [1.54, 1.807) is 24.3 Å². The fourth-order valence-corrected chi connectivity index (χ4v) is 2.89. The van der Waals surface area contributed by atoms with Crippen LogP contribution < -0.4 is 14.9 Å². The van der Waals surface area contributed by atoms with Crippen LogP contribution in [0.4, 0.5) is 0 Å². The van der Waals surface area contributed by atoms with E-state index < -0.39 is 0 Å². The van der Waals surface area contributed by atoms with Gasteiger partial charge in [0.1, 0.15) is 18.1 Å². The zero-order chi connectivity index (χ0) is 21.3. The number of rotatable bonds is 8. The van der Waals surface area contributed by atoms with Crippen molar-refractivity contribution in [1.29, 1.82) is 0 Å². The predicted octanol–water partition coefficient (Wildman–Crippen LogP) is 5.47. The predicted molar refractivity (Wildman–Crippen MR) is 120 cm³/mol. The lowest BCUT2D eigenvalue weighted by atomic mass is 10.1. The minimum absolute atomic E-state index is 0.282. The molecule has 6 heteroatoms. The van der Waals surface area contributed by atoms with Gasteiger partial charge in [0.15, 0.2) is 0 Å². The summed E-state index contributed by atoms with van der Waals surface area (Å²) >= 11 is 5.99. The molecule has 5 nitrogen and oxygen atoms in total. The molecule has 0 bridgehead atoms. The fourth-order valence-electron chi connectivity index (χ4n) is 2.70. The van der Waals surface area contributed by atoms with E-state index in [1.807, 2.05) is 62.4 Å². The van der Waals surface area contributed by atoms with Crippen LogP contribution in [0.25, 0.3) is 0 Å². The molecule has 0 saturated heterocycles. The van der Waals surface area contributed by atoms with Crippen LogP contribution in [0, 0.1) is 0 Å². The van der Waals surface area contributed by atoms with Gasteiger partial charge in [0, 0.05) is 10.6 Å². The Bertz CT molecular complexity index is 1020. The molecule has 154 valence electrons. The number of halogens is 1. The SMILES string of the molecule is CCOc1ccc(OCc2ccc(C(=O)N/N=C(/C)c3cccc(Cl)c3)cc2)cc1. The highest BCUT2D eigenvalue weighted by molar-refractivity contribution is 6.31. The second kappa shape index (κ2) is 10.5. The van der Waals surface area contributed by atoms with Crippen molar-refractivity contribution < 1.29 is 14.3 Å². The lowest BCUT2D eigenvalue weighted by Crippen LogP contribution is -2.19. The van der Waals surface area contributed by atoms with Crippen LogP contribution >= 0.6 is 11.6 Å². The molecule has 3 aromatic carbocycles. The van der Waals surface area contributed by atoms with Crippen LogP contribution in [0.2, 0.25) is 5.02 Å². The molecule has 0 aromatic heterocycles. The monoisotopic (exact) mass is 422 g/mol. The first kappa shape index (κ1) is 21.4. The van der Waals surface area contributed by atoms with Gasteiger partial charge in [-0.1, -0.05) is 35.9 Å². The summed E-state index contributed by atoms with van der Waals surface area (Å²) < 4.78 is 11.2. The summed E-state index contributed by atoms with van der Waals surface area (Å²) in [5, 5.41) is 4.78. The Labute approximate surface area is 181 Å². The standard InChI is InChI=1S/C24H23ClN2O3/c1-3-29-22-11-13-23(14-12-22)30-16-18-7-9-19(10-8-18)24(28)27-26-17(2)20-5-4-6-21(25)15-20/h4-15H,3,16H2,1-2H3,(H,27,28)/b26-17-. The Balaban J connectivity index is 1.54. The number of nitrogens with zero attached hydrogens (tertiary/aromatic N) is 1. The first-order valence-electron chi connectivity index (χ1n) is 9.60. The molecular weight excluding hydrogens is 400 g/mol. The Kier molecular flexibility index (Phi) is 7.46. The van der Waals surface area contributed by atoms with E-state index in [0.717, 1.165) is 22.6 Å². The maximum absolute atomic E-state index is 12.3. The van der Waals surface area contributed by atoms with E-state index in [4.69, 9.17) is 21.1 Å². The third-order valence-corrected chi connectivity index (χ3v) is 4.56. The van der Waals surface area contributed by atoms with Crippen LogP contribution in [-0.2, 0) is 6.61 Å². The fraction of sp³-hybridized carbons (Fsp3) is 0.167. The Morgan fingerprint density at radius 3 is 2.23 bits per heavy atom. The van der Waals surface area contributed by atoms with Gasteiger partial charge in [0.25, 0.3) is 5.91 Å². The number of carbonyl (C=O) groups is 1. The molecule has 1 N–H and O–H groups in total. The molecule has 0 radical (unpaired) electrons. The van der Waals surface area contributed by atoms with E-state index in [-0.39, 0.29) is 5.91 Å². The number of ether oxygens (including phenoxy) is 2. The number of hydrazone groups is 1. The van der Waals surface area contributed by atoms with E-state index in [9.17, 15) is 4.79 Å². The van der Waals surface area contributed by atoms with Crippen molar-refractivity contribution in [2.75, 3.05) is 6.61 Å². The molecule has 30 heavy (non-hydrogen) atoms. The first-order chi connectivity index (χ1) is 14.5. The summed E-state index contributed by atoms with van der Waals surface area (Å²) in [6, 6.07) is 22.0. The molecule has 0 aliphatic carbocycles. The number of benzene rings is 3. The van der Waals surface area contributed by atoms with Gasteiger partial charge in [-0.05, 0) is 73.5 Å². The molecule has 0 heterocycles. The van der Waals surface area contributed by atoms with Crippen molar-refractivity contribution in [3.05, 3.63) is 94.5 Å². The second-order valence-corrected chi connectivity index (χ2v) is 6.97. The zero-order valence-electron chi connectivity index (χ0n) is 16.9. The molecule has 1 amide bonds. The average molecular weight is 423 g/mol. The Morgan fingerprint density at radius 1 is 0.933 bits per heavy atom. The first-order valence-corrected chi connectivity index (χ1v) is 9.98. The van der Waals surface area contributed by atoms with Gasteiger partial charge in [0.2, 0.25) is 0 Å². The number of amides is 1. The number of nitrogens with one attached hydrogen (secondary N) is 1. The van der Waals surface area contributed by atoms with Crippen molar-refractivity contribution >= 4 is 23.2 Å². The summed E-state index contributed by atoms with van der Waals surface area (Å²) in [5.41, 5.74) is 5.57. The Hall–Kier alpha value is -3.31. The van der Waals surface area contributed by atoms with Gasteiger partial charge in [0.05, 0.1) is 12.3 Å². The number of hydrogen-bond acceptors (Lipinski definition) is 4. The molecule has 0 aliphatic rings. The molecule has 0 saturated carbocycles. The largest absolute Gasteiger partial charge is 0.494 e. The van der Waals surface area contributed by atoms with Crippen molar-refractivity contribution in [3.63, 3.8) is 0 Å². The molecule has 0 fully saturated rings. The highest BCUT2D eigenvalue weighted by Crippen LogP contribution is 2.19. The molecular formula is C24H23ClN2O3. The van der Waals surface area contributed by atoms with E-state index in [0.29, 0.717) is 29.5 Å². The van der Waals surface area contributed by atoms with Gasteiger partial charge < -0.3 is 9.47 Å². The number of carbonyl (C=O) groups excluding carboxylic acids is 1. The van der Waals surface area contributed by atoms with Gasteiger partial charge in [-0.15, -0.1) is 0 Å². The van der Waals surface area contributed by atoms with Crippen LogP contribution in [0.5, 0.6) is 11.5 Å². The van der Waals surface area contributed by atoms with Gasteiger partial charge in [-0.3, -0.25) is 4.79 Å². The highest BCUT2D eigenvalue weighted by atomic mass is 35.5. The normalized spacial score (nSPS) is 11.1. The molecule has 3 aromatic rings. The van der Waals surface area contributed by atoms with Crippen molar-refractivity contribution in [1.82, 2.24) is 5.43 Å². The molecule has 0 spiro atoms. The highest BCUT2D eigenvalue weighted by Gasteiger charge is 2.06.